The van der Waals surface area contributed by atoms with Gasteiger partial charge in [0, 0.05) is 12.0 Å². The summed E-state index contributed by atoms with van der Waals surface area (Å²) < 4.78 is 10.7. The van der Waals surface area contributed by atoms with Gasteiger partial charge in [0.05, 0.1) is 12.7 Å². The summed E-state index contributed by atoms with van der Waals surface area (Å²) in [7, 11) is 1.48. The fourth-order valence-electron chi connectivity index (χ4n) is 3.87. The number of aromatic hydroxyl groups is 1. The lowest BCUT2D eigenvalue weighted by molar-refractivity contribution is -0.149. The second-order valence-electron chi connectivity index (χ2n) is 8.66. The average molecular weight is 415 g/mol. The molecule has 164 valence electrons. The maximum Gasteiger partial charge on any atom is 0.317 e. The molecule has 1 heterocycles. The molecule has 0 bridgehead atoms. The van der Waals surface area contributed by atoms with Gasteiger partial charge in [0.25, 0.3) is 0 Å². The molecule has 0 spiro atoms. The number of carbonyl (C=O) groups excluding carboxylic acids is 2. The van der Waals surface area contributed by atoms with Crippen LogP contribution in [0.3, 0.4) is 0 Å². The van der Waals surface area contributed by atoms with Crippen molar-refractivity contribution in [1.29, 1.82) is 0 Å². The first-order valence-electron chi connectivity index (χ1n) is 10.5. The van der Waals surface area contributed by atoms with E-state index in [2.05, 4.69) is 32.9 Å². The van der Waals surface area contributed by atoms with Crippen molar-refractivity contribution in [3.8, 4) is 11.5 Å². The predicted octanol–water partition coefficient (Wildman–Crippen LogP) is 5.62. The van der Waals surface area contributed by atoms with E-state index in [1.807, 2.05) is 13.8 Å². The molecule has 1 fully saturated rings. The van der Waals surface area contributed by atoms with Crippen LogP contribution in [0.2, 0.25) is 0 Å². The lowest BCUT2D eigenvalue weighted by Crippen LogP contribution is -2.33. The molecule has 0 aromatic heterocycles. The SMILES string of the molecule is COc1ccc(C(=O)[C@H]2C(=O)O[C@](C)(CC/C=C(\C)CCC=C(C)C)[C@@H]2C)c(O)c1. The third-order valence-corrected chi connectivity index (χ3v) is 6.03. The fourth-order valence-corrected chi connectivity index (χ4v) is 3.87. The fraction of sp³-hybridized carbons (Fsp3) is 0.520. The number of benzene rings is 1. The molecule has 1 N–H and O–H groups in total. The second kappa shape index (κ2) is 9.96. The first-order valence-corrected chi connectivity index (χ1v) is 10.5. The zero-order valence-electron chi connectivity index (χ0n) is 19.0. The Labute approximate surface area is 179 Å². The quantitative estimate of drug-likeness (QED) is 0.246. The van der Waals surface area contributed by atoms with E-state index >= 15 is 0 Å². The van der Waals surface area contributed by atoms with E-state index in [-0.39, 0.29) is 17.2 Å². The van der Waals surface area contributed by atoms with Crippen LogP contribution in [0, 0.1) is 11.8 Å². The van der Waals surface area contributed by atoms with Crippen LogP contribution in [-0.2, 0) is 9.53 Å². The van der Waals surface area contributed by atoms with Gasteiger partial charge in [-0.05, 0) is 65.5 Å². The normalized spacial score (nSPS) is 23.8. The maximum atomic E-state index is 13.0. The van der Waals surface area contributed by atoms with E-state index in [9.17, 15) is 14.7 Å². The molecule has 0 radical (unpaired) electrons. The van der Waals surface area contributed by atoms with Crippen molar-refractivity contribution in [2.75, 3.05) is 7.11 Å². The Bertz CT molecular complexity index is 847. The molecule has 1 saturated heterocycles. The number of phenols is 1. The minimum atomic E-state index is -0.919. The van der Waals surface area contributed by atoms with Crippen LogP contribution in [0.4, 0.5) is 0 Å². The number of methoxy groups -OCH3 is 1. The number of hydrogen-bond acceptors (Lipinski definition) is 5. The zero-order valence-corrected chi connectivity index (χ0v) is 19.0. The van der Waals surface area contributed by atoms with Gasteiger partial charge < -0.3 is 14.6 Å². The summed E-state index contributed by atoms with van der Waals surface area (Å²) in [6.45, 7) is 10.1. The van der Waals surface area contributed by atoms with E-state index in [4.69, 9.17) is 9.47 Å². The number of carbonyl (C=O) groups is 2. The van der Waals surface area contributed by atoms with E-state index in [0.29, 0.717) is 12.2 Å². The van der Waals surface area contributed by atoms with Crippen LogP contribution in [-0.4, -0.2) is 29.6 Å². The Morgan fingerprint density at radius 3 is 2.53 bits per heavy atom. The molecule has 30 heavy (non-hydrogen) atoms. The highest BCUT2D eigenvalue weighted by Gasteiger charge is 2.53. The Kier molecular flexibility index (Phi) is 7.88. The van der Waals surface area contributed by atoms with Crippen LogP contribution >= 0.6 is 0 Å². The molecule has 0 aliphatic carbocycles. The summed E-state index contributed by atoms with van der Waals surface area (Å²) in [4.78, 5) is 25.6. The number of hydrogen-bond donors (Lipinski definition) is 1. The van der Waals surface area contributed by atoms with Gasteiger partial charge >= 0.3 is 5.97 Å². The molecule has 1 aliphatic rings. The van der Waals surface area contributed by atoms with Crippen LogP contribution in [0.15, 0.2) is 41.5 Å². The molecule has 5 heteroatoms. The number of allylic oxidation sites excluding steroid dienone is 4. The summed E-state index contributed by atoms with van der Waals surface area (Å²) in [5.74, 6) is -1.89. The van der Waals surface area contributed by atoms with E-state index in [1.165, 1.54) is 30.4 Å². The highest BCUT2D eigenvalue weighted by atomic mass is 16.6. The monoisotopic (exact) mass is 414 g/mol. The molecular formula is C25H34O5. The van der Waals surface area contributed by atoms with Crippen LogP contribution < -0.4 is 4.74 Å². The predicted molar refractivity (Wildman–Crippen MR) is 118 cm³/mol. The first kappa shape index (κ1) is 23.7. The van der Waals surface area contributed by atoms with Gasteiger partial charge in [-0.25, -0.2) is 0 Å². The minimum absolute atomic E-state index is 0.115. The van der Waals surface area contributed by atoms with Crippen LogP contribution in [0.5, 0.6) is 11.5 Å². The first-order chi connectivity index (χ1) is 14.1. The number of rotatable bonds is 9. The van der Waals surface area contributed by atoms with Crippen molar-refractivity contribution >= 4 is 11.8 Å². The van der Waals surface area contributed by atoms with Gasteiger partial charge in [-0.1, -0.05) is 30.2 Å². The number of esters is 1. The molecule has 2 rings (SSSR count). The zero-order chi connectivity index (χ0) is 22.5. The van der Waals surface area contributed by atoms with Crippen LogP contribution in [0.25, 0.3) is 0 Å². The largest absolute Gasteiger partial charge is 0.507 e. The smallest absolute Gasteiger partial charge is 0.317 e. The van der Waals surface area contributed by atoms with Crippen molar-refractivity contribution in [3.05, 3.63) is 47.1 Å². The van der Waals surface area contributed by atoms with E-state index in [1.54, 1.807) is 6.07 Å². The van der Waals surface area contributed by atoms with Gasteiger partial charge in [-0.3, -0.25) is 9.59 Å². The van der Waals surface area contributed by atoms with E-state index in [0.717, 1.165) is 19.3 Å². The number of ketones is 1. The highest BCUT2D eigenvalue weighted by Crippen LogP contribution is 2.42. The van der Waals surface area contributed by atoms with E-state index < -0.39 is 23.3 Å². The van der Waals surface area contributed by atoms with Crippen molar-refractivity contribution in [2.45, 2.75) is 65.9 Å². The Balaban J connectivity index is 2.06. The molecular weight excluding hydrogens is 380 g/mol. The molecule has 1 aromatic rings. The van der Waals surface area contributed by atoms with Gasteiger partial charge in [0.15, 0.2) is 5.78 Å². The van der Waals surface area contributed by atoms with Gasteiger partial charge in [0.1, 0.15) is 23.0 Å². The lowest BCUT2D eigenvalue weighted by Gasteiger charge is -2.28. The number of cyclic esters (lactones) is 1. The molecule has 3 atom stereocenters. The van der Waals surface area contributed by atoms with Gasteiger partial charge in [0.2, 0.25) is 0 Å². The number of phenolic OH excluding ortho intramolecular Hbond substituents is 1. The molecule has 5 nitrogen and oxygen atoms in total. The summed E-state index contributed by atoms with van der Waals surface area (Å²) in [5, 5.41) is 10.2. The summed E-state index contributed by atoms with van der Waals surface area (Å²) in [6.07, 6.45) is 7.88. The maximum absolute atomic E-state index is 13.0. The highest BCUT2D eigenvalue weighted by molar-refractivity contribution is 6.11. The Morgan fingerprint density at radius 2 is 1.93 bits per heavy atom. The molecule has 0 unspecified atom stereocenters. The topological polar surface area (TPSA) is 72.8 Å². The standard InChI is InChI=1S/C25H34O5/c1-16(2)9-7-10-17(3)11-8-14-25(5)18(4)22(24(28)30-25)23(27)20-13-12-19(29-6)15-21(20)26/h9,11-13,15,18,22,26H,7-8,10,14H2,1-6H3/b17-11+/t18-,22+,25-/m1/s1. The van der Waals surface area contributed by atoms with Crippen molar-refractivity contribution < 1.29 is 24.2 Å². The Morgan fingerprint density at radius 1 is 1.23 bits per heavy atom. The molecule has 1 aromatic carbocycles. The summed E-state index contributed by atoms with van der Waals surface area (Å²) in [5.41, 5.74) is 2.03. The Hall–Kier alpha value is -2.56. The van der Waals surface area contributed by atoms with Gasteiger partial charge in [-0.2, -0.15) is 0 Å². The average Bonchev–Trinajstić information content (AvgIpc) is 2.89. The summed E-state index contributed by atoms with van der Waals surface area (Å²) in [6, 6.07) is 4.46. The van der Waals surface area contributed by atoms with Crippen molar-refractivity contribution in [3.63, 3.8) is 0 Å². The van der Waals surface area contributed by atoms with Crippen LogP contribution in [0.1, 0.15) is 70.7 Å². The molecule has 1 aliphatic heterocycles. The molecule has 0 saturated carbocycles. The third-order valence-electron chi connectivity index (χ3n) is 6.03. The summed E-state index contributed by atoms with van der Waals surface area (Å²) >= 11 is 0. The van der Waals surface area contributed by atoms with Crippen molar-refractivity contribution in [2.24, 2.45) is 11.8 Å². The number of Topliss-reactive ketones (excluding diaryl/α,β-unsaturated/α-hetero) is 1. The second-order valence-corrected chi connectivity index (χ2v) is 8.66. The third kappa shape index (κ3) is 5.53. The van der Waals surface area contributed by atoms with Gasteiger partial charge in [-0.15, -0.1) is 0 Å². The molecule has 0 amide bonds. The van der Waals surface area contributed by atoms with Crippen molar-refractivity contribution in [1.82, 2.24) is 0 Å². The number of ether oxygens (including phenoxy) is 2. The minimum Gasteiger partial charge on any atom is -0.507 e. The lowest BCUT2D eigenvalue weighted by atomic mass is 9.77.